The fourth-order valence-electron chi connectivity index (χ4n) is 6.44. The molecular formula is C55H46O16. The molecule has 71 heavy (non-hydrogen) atoms. The molecular weight excluding hydrogens is 917 g/mol. The van der Waals surface area contributed by atoms with Crippen LogP contribution in [0.25, 0.3) is 0 Å². The number of ether oxygens (including phenoxy) is 2. The van der Waals surface area contributed by atoms with Gasteiger partial charge in [0.2, 0.25) is 0 Å². The standard InChI is InChI=1S/C15H14O5.C14H12O3.C13H10O5.C13H10O3/c1-20-10-3-5-12(14(18)7-10)15(19)11-4-2-9(8-16)6-13(11)17;1-17-11-7-8-12(13(15)9-11)14(16)10-5-3-2-4-6-10;14-7-1-3-9(11(16)5-7)13(18)10-4-2-8(15)6-12(10)17;14-10-6-7-11(12(15)8-10)13(16)9-4-2-1-3-5-9/h2-7,16-18H,8H2,1H3;2-9,15H,1H3;1-6,14-17H;1-8,14-15H. The Labute approximate surface area is 405 Å². The third-order valence-electron chi connectivity index (χ3n) is 10.1. The molecule has 0 spiro atoms. The summed E-state index contributed by atoms with van der Waals surface area (Å²) in [6.45, 7) is -0.226. The molecule has 0 aliphatic heterocycles. The minimum atomic E-state index is -0.606. The van der Waals surface area contributed by atoms with E-state index in [4.69, 9.17) is 29.9 Å². The number of hydrogen-bond donors (Lipinski definition) is 10. The molecule has 0 saturated heterocycles. The van der Waals surface area contributed by atoms with Gasteiger partial charge in [0.15, 0.2) is 23.1 Å². The fraction of sp³-hybridized carbons (Fsp3) is 0.0545. The lowest BCUT2D eigenvalue weighted by Gasteiger charge is -2.08. The van der Waals surface area contributed by atoms with Gasteiger partial charge >= 0.3 is 0 Å². The zero-order valence-corrected chi connectivity index (χ0v) is 37.8. The van der Waals surface area contributed by atoms with Gasteiger partial charge in [-0.2, -0.15) is 0 Å². The van der Waals surface area contributed by atoms with Gasteiger partial charge in [-0.25, -0.2) is 0 Å². The molecule has 8 aromatic carbocycles. The van der Waals surface area contributed by atoms with E-state index in [9.17, 15) is 49.8 Å². The van der Waals surface area contributed by atoms with Crippen molar-refractivity contribution in [2.24, 2.45) is 0 Å². The van der Waals surface area contributed by atoms with Crippen LogP contribution in [-0.4, -0.2) is 88.4 Å². The molecule has 0 saturated carbocycles. The topological polar surface area (TPSA) is 289 Å². The summed E-state index contributed by atoms with van der Waals surface area (Å²) in [5.74, 6) is -2.55. The maximum atomic E-state index is 12.3. The van der Waals surface area contributed by atoms with Crippen molar-refractivity contribution in [3.63, 3.8) is 0 Å². The summed E-state index contributed by atoms with van der Waals surface area (Å²) in [7, 11) is 2.96. The highest BCUT2D eigenvalue weighted by molar-refractivity contribution is 6.13. The summed E-state index contributed by atoms with van der Waals surface area (Å²) >= 11 is 0. The first-order valence-electron chi connectivity index (χ1n) is 21.0. The highest BCUT2D eigenvalue weighted by atomic mass is 16.5. The normalized spacial score (nSPS) is 10.1. The molecule has 0 radical (unpaired) electrons. The van der Waals surface area contributed by atoms with Crippen LogP contribution in [0.4, 0.5) is 0 Å². The van der Waals surface area contributed by atoms with Crippen LogP contribution in [0.5, 0.6) is 63.2 Å². The first kappa shape index (κ1) is 52.2. The molecule has 8 aromatic rings. The van der Waals surface area contributed by atoms with Crippen molar-refractivity contribution in [2.45, 2.75) is 6.61 Å². The molecule has 0 aliphatic rings. The zero-order chi connectivity index (χ0) is 51.8. The predicted molar refractivity (Wildman–Crippen MR) is 259 cm³/mol. The third kappa shape index (κ3) is 13.7. The Morgan fingerprint density at radius 3 is 0.901 bits per heavy atom. The molecule has 0 bridgehead atoms. The summed E-state index contributed by atoms with van der Waals surface area (Å²) in [6.07, 6.45) is 0. The maximum absolute atomic E-state index is 12.3. The van der Waals surface area contributed by atoms with E-state index in [-0.39, 0.29) is 103 Å². The molecule has 0 aliphatic carbocycles. The highest BCUT2D eigenvalue weighted by Gasteiger charge is 2.20. The lowest BCUT2D eigenvalue weighted by molar-refractivity contribution is 0.102. The first-order valence-corrected chi connectivity index (χ1v) is 21.0. The number of hydrogen-bond acceptors (Lipinski definition) is 16. The van der Waals surface area contributed by atoms with Gasteiger partial charge in [-0.05, 0) is 78.4 Å². The number of benzene rings is 8. The SMILES string of the molecule is COc1ccc(C(=O)c2ccc(CO)cc2O)c(O)c1.COc1ccc(C(=O)c2ccccc2)c(O)c1.O=C(c1ccc(O)cc1O)c1ccc(O)cc1O.O=C(c1ccccc1)c1ccc(O)cc1O. The Morgan fingerprint density at radius 1 is 0.338 bits per heavy atom. The quantitative estimate of drug-likeness (QED) is 0.0543. The largest absolute Gasteiger partial charge is 0.508 e. The average molecular weight is 963 g/mol. The summed E-state index contributed by atoms with van der Waals surface area (Å²) in [4.78, 5) is 48.3. The van der Waals surface area contributed by atoms with Gasteiger partial charge in [-0.15, -0.1) is 0 Å². The number of carbonyl (C=O) groups is 4. The van der Waals surface area contributed by atoms with Crippen LogP contribution in [0.2, 0.25) is 0 Å². The van der Waals surface area contributed by atoms with Crippen molar-refractivity contribution >= 4 is 23.1 Å². The number of phenolic OH excluding ortho intramolecular Hbond substituents is 9. The van der Waals surface area contributed by atoms with E-state index in [1.807, 2.05) is 12.1 Å². The summed E-state index contributed by atoms with van der Waals surface area (Å²) < 4.78 is 9.91. The molecule has 0 aromatic heterocycles. The average Bonchev–Trinajstić information content (AvgIpc) is 3.36. The van der Waals surface area contributed by atoms with E-state index in [1.165, 1.54) is 87.0 Å². The second-order valence-electron chi connectivity index (χ2n) is 14.9. The number of phenols is 9. The Kier molecular flexibility index (Phi) is 17.8. The minimum absolute atomic E-state index is 0.0474. The van der Waals surface area contributed by atoms with E-state index < -0.39 is 11.6 Å². The van der Waals surface area contributed by atoms with Crippen LogP contribution >= 0.6 is 0 Å². The number of rotatable bonds is 11. The van der Waals surface area contributed by atoms with E-state index in [0.29, 0.717) is 28.2 Å². The molecule has 8 rings (SSSR count). The molecule has 10 N–H and O–H groups in total. The zero-order valence-electron chi connectivity index (χ0n) is 37.8. The summed E-state index contributed by atoms with van der Waals surface area (Å²) in [6, 6.07) is 41.7. The number of aliphatic hydroxyl groups is 1. The van der Waals surface area contributed by atoms with Crippen molar-refractivity contribution in [1.29, 1.82) is 0 Å². The molecule has 0 unspecified atom stereocenters. The molecule has 0 fully saturated rings. The molecule has 0 amide bonds. The molecule has 16 heteroatoms. The van der Waals surface area contributed by atoms with Gasteiger partial charge < -0.3 is 60.5 Å². The number of aliphatic hydroxyl groups excluding tert-OH is 1. The second-order valence-corrected chi connectivity index (χ2v) is 14.9. The fourth-order valence-corrected chi connectivity index (χ4v) is 6.44. The Balaban J connectivity index is 0.000000177. The minimum Gasteiger partial charge on any atom is -0.508 e. The van der Waals surface area contributed by atoms with Crippen molar-refractivity contribution in [2.75, 3.05) is 14.2 Å². The van der Waals surface area contributed by atoms with E-state index in [2.05, 4.69) is 0 Å². The molecule has 0 atom stereocenters. The highest BCUT2D eigenvalue weighted by Crippen LogP contribution is 2.32. The number of ketones is 4. The first-order chi connectivity index (χ1) is 33.9. The molecule has 0 heterocycles. The van der Waals surface area contributed by atoms with Crippen molar-refractivity contribution in [3.8, 4) is 63.2 Å². The van der Waals surface area contributed by atoms with Crippen LogP contribution in [-0.2, 0) is 6.61 Å². The smallest absolute Gasteiger partial charge is 0.200 e. The van der Waals surface area contributed by atoms with Gasteiger partial charge in [-0.3, -0.25) is 19.2 Å². The van der Waals surface area contributed by atoms with Crippen molar-refractivity contribution in [1.82, 2.24) is 0 Å². The second kappa shape index (κ2) is 24.3. The number of aromatic hydroxyl groups is 9. The number of methoxy groups -OCH3 is 2. The van der Waals surface area contributed by atoms with Gasteiger partial charge in [0.05, 0.1) is 54.2 Å². The van der Waals surface area contributed by atoms with Gasteiger partial charge in [-0.1, -0.05) is 66.7 Å². The van der Waals surface area contributed by atoms with Gasteiger partial charge in [0.1, 0.15) is 63.2 Å². The van der Waals surface area contributed by atoms with Crippen LogP contribution in [0.1, 0.15) is 69.2 Å². The lowest BCUT2D eigenvalue weighted by Crippen LogP contribution is -2.03. The molecule has 16 nitrogen and oxygen atoms in total. The van der Waals surface area contributed by atoms with Gasteiger partial charge in [0.25, 0.3) is 0 Å². The van der Waals surface area contributed by atoms with Crippen molar-refractivity contribution < 1.29 is 79.7 Å². The summed E-state index contributed by atoms with van der Waals surface area (Å²) in [5.41, 5.74) is 2.04. The number of carbonyl (C=O) groups excluding carboxylic acids is 4. The van der Waals surface area contributed by atoms with Crippen LogP contribution in [0.15, 0.2) is 170 Å². The van der Waals surface area contributed by atoms with E-state index >= 15 is 0 Å². The Bertz CT molecular complexity index is 3060. The summed E-state index contributed by atoms with van der Waals surface area (Å²) in [5, 5.41) is 94.4. The third-order valence-corrected chi connectivity index (χ3v) is 10.1. The maximum Gasteiger partial charge on any atom is 0.200 e. The van der Waals surface area contributed by atoms with E-state index in [0.717, 1.165) is 18.2 Å². The Morgan fingerprint density at radius 2 is 0.620 bits per heavy atom. The van der Waals surface area contributed by atoms with Gasteiger partial charge in [0, 0.05) is 41.5 Å². The van der Waals surface area contributed by atoms with Crippen LogP contribution in [0.3, 0.4) is 0 Å². The van der Waals surface area contributed by atoms with Crippen molar-refractivity contribution in [3.05, 3.63) is 220 Å². The Hall–Kier alpha value is -9.80. The predicted octanol–water partition coefficient (Wildman–Crippen LogP) is 8.53. The van der Waals surface area contributed by atoms with E-state index in [1.54, 1.807) is 66.7 Å². The van der Waals surface area contributed by atoms with Crippen LogP contribution < -0.4 is 9.47 Å². The lowest BCUT2D eigenvalue weighted by atomic mass is 10.00. The van der Waals surface area contributed by atoms with Crippen LogP contribution in [0, 0.1) is 0 Å². The monoisotopic (exact) mass is 962 g/mol. The molecule has 362 valence electrons.